The fourth-order valence-corrected chi connectivity index (χ4v) is 2.41. The summed E-state index contributed by atoms with van der Waals surface area (Å²) in [7, 11) is 0. The Bertz CT molecular complexity index is 177. The Morgan fingerprint density at radius 1 is 1.58 bits per heavy atom. The fourth-order valence-electron chi connectivity index (χ4n) is 2.41. The first-order chi connectivity index (χ1) is 5.63. The quantitative estimate of drug-likeness (QED) is 0.691. The molecule has 0 bridgehead atoms. The molecular weight excluding hydrogens is 152 g/mol. The van der Waals surface area contributed by atoms with Crippen LogP contribution in [0.4, 0.5) is 0 Å². The average molecular weight is 170 g/mol. The molecule has 0 aromatic rings. The van der Waals surface area contributed by atoms with Gasteiger partial charge in [-0.2, -0.15) is 0 Å². The molecule has 0 aromatic heterocycles. The molecule has 0 heterocycles. The van der Waals surface area contributed by atoms with E-state index >= 15 is 0 Å². The van der Waals surface area contributed by atoms with Crippen molar-refractivity contribution >= 4 is 5.97 Å². The van der Waals surface area contributed by atoms with Crippen molar-refractivity contribution < 1.29 is 9.90 Å². The van der Waals surface area contributed by atoms with E-state index in [1.165, 1.54) is 6.42 Å². The van der Waals surface area contributed by atoms with Crippen LogP contribution in [-0.4, -0.2) is 11.1 Å². The first-order valence-corrected chi connectivity index (χ1v) is 4.87. The zero-order valence-corrected chi connectivity index (χ0v) is 7.97. The zero-order chi connectivity index (χ0) is 9.19. The van der Waals surface area contributed by atoms with Crippen molar-refractivity contribution in [2.75, 3.05) is 0 Å². The van der Waals surface area contributed by atoms with Crippen LogP contribution in [0, 0.1) is 11.3 Å². The van der Waals surface area contributed by atoms with Gasteiger partial charge in [-0.1, -0.05) is 26.7 Å². The molecule has 2 nitrogen and oxygen atoms in total. The second-order valence-corrected chi connectivity index (χ2v) is 3.96. The molecule has 1 aliphatic rings. The monoisotopic (exact) mass is 170 g/mol. The van der Waals surface area contributed by atoms with Crippen molar-refractivity contribution in [2.45, 2.75) is 46.0 Å². The predicted octanol–water partition coefficient (Wildman–Crippen LogP) is 2.68. The smallest absolute Gasteiger partial charge is 0.309 e. The Morgan fingerprint density at radius 2 is 2.25 bits per heavy atom. The highest BCUT2D eigenvalue weighted by molar-refractivity contribution is 5.75. The maximum absolute atomic E-state index is 11.1. The number of carboxylic acid groups (broad SMARTS) is 1. The average Bonchev–Trinajstić information content (AvgIpc) is 2.05. The normalized spacial score (nSPS) is 36.3. The van der Waals surface area contributed by atoms with E-state index in [9.17, 15) is 4.79 Å². The van der Waals surface area contributed by atoms with Gasteiger partial charge in [0, 0.05) is 0 Å². The van der Waals surface area contributed by atoms with Crippen LogP contribution in [0.2, 0.25) is 0 Å². The summed E-state index contributed by atoms with van der Waals surface area (Å²) in [5.74, 6) is -0.231. The zero-order valence-electron chi connectivity index (χ0n) is 7.97. The van der Waals surface area contributed by atoms with Gasteiger partial charge in [0.05, 0.1) is 5.41 Å². The molecule has 1 fully saturated rings. The van der Waals surface area contributed by atoms with Crippen LogP contribution in [0.25, 0.3) is 0 Å². The number of aliphatic carboxylic acids is 1. The second kappa shape index (κ2) is 3.46. The molecule has 0 aromatic carbocycles. The third-order valence-electron chi connectivity index (χ3n) is 3.51. The largest absolute Gasteiger partial charge is 0.481 e. The number of carbonyl (C=O) groups is 1. The van der Waals surface area contributed by atoms with E-state index in [1.807, 2.05) is 6.92 Å². The Balaban J connectivity index is 2.81. The van der Waals surface area contributed by atoms with Gasteiger partial charge in [-0.3, -0.25) is 4.79 Å². The Kier molecular flexibility index (Phi) is 2.76. The van der Waals surface area contributed by atoms with Crippen LogP contribution >= 0.6 is 0 Å². The second-order valence-electron chi connectivity index (χ2n) is 3.96. The minimum atomic E-state index is -0.586. The summed E-state index contributed by atoms with van der Waals surface area (Å²) in [4.78, 5) is 11.1. The Hall–Kier alpha value is -0.530. The van der Waals surface area contributed by atoms with Crippen LogP contribution < -0.4 is 0 Å². The molecule has 12 heavy (non-hydrogen) atoms. The number of hydrogen-bond acceptors (Lipinski definition) is 1. The summed E-state index contributed by atoms with van der Waals surface area (Å²) in [5.41, 5.74) is -0.405. The lowest BCUT2D eigenvalue weighted by molar-refractivity contribution is -0.155. The molecule has 1 rings (SSSR count). The van der Waals surface area contributed by atoms with Gasteiger partial charge >= 0.3 is 5.97 Å². The standard InChI is InChI=1S/C10H18O2/c1-3-10(9(11)12)7-5-4-6-8(10)2/h8H,3-7H2,1-2H3,(H,11,12). The molecule has 0 spiro atoms. The van der Waals surface area contributed by atoms with E-state index in [0.29, 0.717) is 5.92 Å². The number of carboxylic acids is 1. The lowest BCUT2D eigenvalue weighted by atomic mass is 9.65. The first-order valence-electron chi connectivity index (χ1n) is 4.87. The third kappa shape index (κ3) is 1.35. The Labute approximate surface area is 74.0 Å². The van der Waals surface area contributed by atoms with Crippen molar-refractivity contribution in [2.24, 2.45) is 11.3 Å². The van der Waals surface area contributed by atoms with Crippen LogP contribution in [0.3, 0.4) is 0 Å². The highest BCUT2D eigenvalue weighted by atomic mass is 16.4. The van der Waals surface area contributed by atoms with Crippen molar-refractivity contribution in [3.05, 3.63) is 0 Å². The van der Waals surface area contributed by atoms with Gasteiger partial charge in [0.15, 0.2) is 0 Å². The summed E-state index contributed by atoms with van der Waals surface area (Å²) in [5, 5.41) is 9.16. The van der Waals surface area contributed by atoms with Crippen LogP contribution in [0.15, 0.2) is 0 Å². The molecule has 1 aliphatic carbocycles. The summed E-state index contributed by atoms with van der Waals surface area (Å²) in [6.07, 6.45) is 5.03. The molecule has 0 saturated heterocycles. The summed E-state index contributed by atoms with van der Waals surface area (Å²) < 4.78 is 0. The molecule has 1 saturated carbocycles. The molecule has 0 amide bonds. The summed E-state index contributed by atoms with van der Waals surface area (Å²) in [6.45, 7) is 4.08. The van der Waals surface area contributed by atoms with E-state index in [1.54, 1.807) is 0 Å². The maximum atomic E-state index is 11.1. The molecule has 1 N–H and O–H groups in total. The molecule has 0 radical (unpaired) electrons. The minimum Gasteiger partial charge on any atom is -0.481 e. The van der Waals surface area contributed by atoms with Gasteiger partial charge in [-0.25, -0.2) is 0 Å². The van der Waals surface area contributed by atoms with Gasteiger partial charge in [-0.05, 0) is 25.2 Å². The maximum Gasteiger partial charge on any atom is 0.309 e. The topological polar surface area (TPSA) is 37.3 Å². The van der Waals surface area contributed by atoms with Gasteiger partial charge in [-0.15, -0.1) is 0 Å². The SMILES string of the molecule is CCC1(C(=O)O)CCCCC1C. The van der Waals surface area contributed by atoms with E-state index < -0.39 is 11.4 Å². The predicted molar refractivity (Wildman–Crippen MR) is 48.0 cm³/mol. The van der Waals surface area contributed by atoms with Crippen LogP contribution in [0.1, 0.15) is 46.0 Å². The lowest BCUT2D eigenvalue weighted by Gasteiger charge is -2.38. The molecular formula is C10H18O2. The lowest BCUT2D eigenvalue weighted by Crippen LogP contribution is -2.39. The Morgan fingerprint density at radius 3 is 2.58 bits per heavy atom. The highest BCUT2D eigenvalue weighted by Crippen LogP contribution is 2.43. The van der Waals surface area contributed by atoms with Gasteiger partial charge in [0.25, 0.3) is 0 Å². The van der Waals surface area contributed by atoms with E-state index in [4.69, 9.17) is 5.11 Å². The van der Waals surface area contributed by atoms with Crippen LogP contribution in [0.5, 0.6) is 0 Å². The van der Waals surface area contributed by atoms with Crippen molar-refractivity contribution in [3.63, 3.8) is 0 Å². The molecule has 2 unspecified atom stereocenters. The molecule has 2 atom stereocenters. The third-order valence-corrected chi connectivity index (χ3v) is 3.51. The molecule has 2 heteroatoms. The highest BCUT2D eigenvalue weighted by Gasteiger charge is 2.43. The van der Waals surface area contributed by atoms with Crippen molar-refractivity contribution in [1.82, 2.24) is 0 Å². The van der Waals surface area contributed by atoms with Crippen molar-refractivity contribution in [3.8, 4) is 0 Å². The summed E-state index contributed by atoms with van der Waals surface area (Å²) in [6, 6.07) is 0. The van der Waals surface area contributed by atoms with E-state index in [0.717, 1.165) is 25.7 Å². The van der Waals surface area contributed by atoms with Gasteiger partial charge < -0.3 is 5.11 Å². The summed E-state index contributed by atoms with van der Waals surface area (Å²) >= 11 is 0. The number of rotatable bonds is 2. The van der Waals surface area contributed by atoms with Gasteiger partial charge in [0.1, 0.15) is 0 Å². The van der Waals surface area contributed by atoms with Crippen LogP contribution in [-0.2, 0) is 4.79 Å². The fraction of sp³-hybridized carbons (Fsp3) is 0.900. The molecule has 70 valence electrons. The minimum absolute atomic E-state index is 0.355. The number of hydrogen-bond donors (Lipinski definition) is 1. The van der Waals surface area contributed by atoms with Gasteiger partial charge in [0.2, 0.25) is 0 Å². The van der Waals surface area contributed by atoms with E-state index in [-0.39, 0.29) is 0 Å². The molecule has 0 aliphatic heterocycles. The van der Waals surface area contributed by atoms with E-state index in [2.05, 4.69) is 6.92 Å². The van der Waals surface area contributed by atoms with Crippen molar-refractivity contribution in [1.29, 1.82) is 0 Å². The first kappa shape index (κ1) is 9.56.